The van der Waals surface area contributed by atoms with Crippen molar-refractivity contribution in [1.82, 2.24) is 0 Å². The van der Waals surface area contributed by atoms with E-state index in [1.165, 1.54) is 6.08 Å². The molecule has 5 nitrogen and oxygen atoms in total. The average molecular weight is 244 g/mol. The van der Waals surface area contributed by atoms with Gasteiger partial charge in [-0.2, -0.15) is 0 Å². The van der Waals surface area contributed by atoms with Gasteiger partial charge in [-0.15, -0.1) is 0 Å². The average Bonchev–Trinajstić information content (AvgIpc) is 1.95. The molecule has 0 heterocycles. The summed E-state index contributed by atoms with van der Waals surface area (Å²) in [6, 6.07) is 0. The van der Waals surface area contributed by atoms with E-state index < -0.39 is 18.0 Å². The molecule has 0 aromatic rings. The van der Waals surface area contributed by atoms with E-state index in [0.717, 1.165) is 5.57 Å². The van der Waals surface area contributed by atoms with Crippen LogP contribution in [0.5, 0.6) is 0 Å². The Morgan fingerprint density at radius 2 is 1.82 bits per heavy atom. The Labute approximate surface area is 102 Å². The van der Waals surface area contributed by atoms with Crippen molar-refractivity contribution in [1.29, 1.82) is 0 Å². The van der Waals surface area contributed by atoms with E-state index >= 15 is 0 Å². The highest BCUT2D eigenvalue weighted by atomic mass is 16.5. The molecule has 0 bridgehead atoms. The highest BCUT2D eigenvalue weighted by molar-refractivity contribution is 5.83. The van der Waals surface area contributed by atoms with Crippen LogP contribution < -0.4 is 0 Å². The molecule has 0 aromatic carbocycles. The lowest BCUT2D eigenvalue weighted by atomic mass is 10.2. The van der Waals surface area contributed by atoms with E-state index in [1.807, 2.05) is 21.1 Å². The first-order chi connectivity index (χ1) is 7.60. The largest absolute Gasteiger partial charge is 0.481 e. The SMILES string of the molecule is CC(C)=CC(=O)OC(CC(=O)O)C[N+](C)(C)C. The first kappa shape index (κ1) is 15.6. The molecular weight excluding hydrogens is 222 g/mol. The summed E-state index contributed by atoms with van der Waals surface area (Å²) >= 11 is 0. The predicted octanol–water partition coefficient (Wildman–Crippen LogP) is 1.05. The Morgan fingerprint density at radius 1 is 1.29 bits per heavy atom. The molecule has 0 aromatic heterocycles. The number of carbonyl (C=O) groups is 2. The molecule has 0 fully saturated rings. The lowest BCUT2D eigenvalue weighted by Crippen LogP contribution is -2.43. The lowest BCUT2D eigenvalue weighted by Gasteiger charge is -2.28. The van der Waals surface area contributed by atoms with Gasteiger partial charge in [-0.3, -0.25) is 4.79 Å². The van der Waals surface area contributed by atoms with Crippen LogP contribution in [0, 0.1) is 0 Å². The van der Waals surface area contributed by atoms with Crippen LogP contribution in [-0.2, 0) is 14.3 Å². The molecule has 0 aliphatic rings. The minimum atomic E-state index is -0.964. The van der Waals surface area contributed by atoms with Gasteiger partial charge in [-0.05, 0) is 13.8 Å². The van der Waals surface area contributed by atoms with Crippen molar-refractivity contribution in [2.45, 2.75) is 26.4 Å². The summed E-state index contributed by atoms with van der Waals surface area (Å²) in [5.74, 6) is -1.45. The third kappa shape index (κ3) is 9.56. The van der Waals surface area contributed by atoms with Gasteiger partial charge in [0.2, 0.25) is 0 Å². The molecular formula is C12H22NO4+. The number of quaternary nitrogens is 1. The minimum absolute atomic E-state index is 0.169. The Balaban J connectivity index is 4.54. The second-order valence-electron chi connectivity index (χ2n) is 5.35. The number of aliphatic carboxylic acids is 1. The maximum absolute atomic E-state index is 11.4. The number of rotatable bonds is 6. The topological polar surface area (TPSA) is 63.6 Å². The van der Waals surface area contributed by atoms with Crippen LogP contribution in [-0.4, -0.2) is 55.3 Å². The Bertz CT molecular complexity index is 311. The van der Waals surface area contributed by atoms with E-state index in [4.69, 9.17) is 9.84 Å². The molecule has 1 atom stereocenters. The number of nitrogens with zero attached hydrogens (tertiary/aromatic N) is 1. The predicted molar refractivity (Wildman–Crippen MR) is 64.5 cm³/mol. The third-order valence-corrected chi connectivity index (χ3v) is 1.84. The summed E-state index contributed by atoms with van der Waals surface area (Å²) in [6.07, 6.45) is 0.596. The fourth-order valence-corrected chi connectivity index (χ4v) is 1.38. The molecule has 5 heteroatoms. The van der Waals surface area contributed by atoms with Crippen LogP contribution >= 0.6 is 0 Å². The van der Waals surface area contributed by atoms with Crippen molar-refractivity contribution in [2.24, 2.45) is 0 Å². The summed E-state index contributed by atoms with van der Waals surface area (Å²) in [5.41, 5.74) is 0.828. The summed E-state index contributed by atoms with van der Waals surface area (Å²) in [6.45, 7) is 4.04. The van der Waals surface area contributed by atoms with Crippen LogP contribution in [0.3, 0.4) is 0 Å². The number of carboxylic acids is 1. The van der Waals surface area contributed by atoms with Crippen molar-refractivity contribution in [3.63, 3.8) is 0 Å². The Kier molecular flexibility index (Phi) is 5.88. The number of ether oxygens (including phenoxy) is 1. The molecule has 0 amide bonds. The number of esters is 1. The van der Waals surface area contributed by atoms with Gasteiger partial charge in [-0.25, -0.2) is 4.79 Å². The monoisotopic (exact) mass is 244 g/mol. The van der Waals surface area contributed by atoms with E-state index in [0.29, 0.717) is 11.0 Å². The lowest BCUT2D eigenvalue weighted by molar-refractivity contribution is -0.873. The van der Waals surface area contributed by atoms with Gasteiger partial charge < -0.3 is 14.3 Å². The summed E-state index contributed by atoms with van der Waals surface area (Å²) in [5, 5.41) is 8.76. The van der Waals surface area contributed by atoms with Crippen LogP contribution in [0.4, 0.5) is 0 Å². The summed E-state index contributed by atoms with van der Waals surface area (Å²) in [7, 11) is 5.76. The zero-order valence-electron chi connectivity index (χ0n) is 11.2. The highest BCUT2D eigenvalue weighted by Gasteiger charge is 2.24. The zero-order chi connectivity index (χ0) is 13.6. The molecule has 0 aliphatic carbocycles. The molecule has 0 spiro atoms. The first-order valence-electron chi connectivity index (χ1n) is 5.48. The van der Waals surface area contributed by atoms with Gasteiger partial charge in [0.25, 0.3) is 0 Å². The second-order valence-corrected chi connectivity index (χ2v) is 5.35. The van der Waals surface area contributed by atoms with Gasteiger partial charge in [0.1, 0.15) is 6.54 Å². The number of carbonyl (C=O) groups excluding carboxylic acids is 1. The molecule has 1 N–H and O–H groups in total. The van der Waals surface area contributed by atoms with Crippen molar-refractivity contribution in [2.75, 3.05) is 27.7 Å². The molecule has 1 unspecified atom stereocenters. The van der Waals surface area contributed by atoms with Gasteiger partial charge in [-0.1, -0.05) is 5.57 Å². The normalized spacial score (nSPS) is 12.8. The molecule has 0 saturated carbocycles. The van der Waals surface area contributed by atoms with Gasteiger partial charge in [0.15, 0.2) is 6.10 Å². The molecule has 0 aliphatic heterocycles. The third-order valence-electron chi connectivity index (χ3n) is 1.84. The fraction of sp³-hybridized carbons (Fsp3) is 0.667. The van der Waals surface area contributed by atoms with Crippen LogP contribution in [0.25, 0.3) is 0 Å². The molecule has 0 saturated heterocycles. The first-order valence-corrected chi connectivity index (χ1v) is 5.48. The standard InChI is InChI=1S/C12H21NO4/c1-9(2)6-12(16)17-10(7-11(14)15)8-13(3,4)5/h6,10H,7-8H2,1-5H3/p+1. The van der Waals surface area contributed by atoms with Gasteiger partial charge in [0, 0.05) is 6.08 Å². The number of carboxylic acid groups (broad SMARTS) is 1. The maximum atomic E-state index is 11.4. The number of likely N-dealkylation sites (N-methyl/N-ethyl adjacent to an activating group) is 1. The Hall–Kier alpha value is -1.36. The van der Waals surface area contributed by atoms with Crippen LogP contribution in [0.1, 0.15) is 20.3 Å². The molecule has 0 rings (SSSR count). The number of hydrogen-bond acceptors (Lipinski definition) is 3. The van der Waals surface area contributed by atoms with Crippen molar-refractivity contribution < 1.29 is 23.9 Å². The quantitative estimate of drug-likeness (QED) is 0.431. The smallest absolute Gasteiger partial charge is 0.331 e. The maximum Gasteiger partial charge on any atom is 0.331 e. The van der Waals surface area contributed by atoms with E-state index in [9.17, 15) is 9.59 Å². The van der Waals surface area contributed by atoms with Crippen LogP contribution in [0.2, 0.25) is 0 Å². The highest BCUT2D eigenvalue weighted by Crippen LogP contribution is 2.06. The summed E-state index contributed by atoms with van der Waals surface area (Å²) in [4.78, 5) is 22.1. The van der Waals surface area contributed by atoms with Crippen molar-refractivity contribution in [3.8, 4) is 0 Å². The molecule has 17 heavy (non-hydrogen) atoms. The number of allylic oxidation sites excluding steroid dienone is 1. The van der Waals surface area contributed by atoms with Crippen molar-refractivity contribution >= 4 is 11.9 Å². The molecule has 98 valence electrons. The zero-order valence-corrected chi connectivity index (χ0v) is 11.2. The van der Waals surface area contributed by atoms with E-state index in [-0.39, 0.29) is 6.42 Å². The van der Waals surface area contributed by atoms with E-state index in [2.05, 4.69) is 0 Å². The van der Waals surface area contributed by atoms with Gasteiger partial charge >= 0.3 is 11.9 Å². The second kappa shape index (κ2) is 6.39. The van der Waals surface area contributed by atoms with Crippen LogP contribution in [0.15, 0.2) is 11.6 Å². The molecule has 0 radical (unpaired) electrons. The van der Waals surface area contributed by atoms with E-state index in [1.54, 1.807) is 13.8 Å². The Morgan fingerprint density at radius 3 is 2.18 bits per heavy atom. The minimum Gasteiger partial charge on any atom is -0.481 e. The number of hydrogen-bond donors (Lipinski definition) is 1. The van der Waals surface area contributed by atoms with Gasteiger partial charge in [0.05, 0.1) is 27.6 Å². The fourth-order valence-electron chi connectivity index (χ4n) is 1.38. The van der Waals surface area contributed by atoms with Crippen molar-refractivity contribution in [3.05, 3.63) is 11.6 Å². The summed E-state index contributed by atoms with van der Waals surface area (Å²) < 4.78 is 5.68.